The molecule has 19 heavy (non-hydrogen) atoms. The van der Waals surface area contributed by atoms with Gasteiger partial charge in [-0.1, -0.05) is 18.2 Å². The Kier molecular flexibility index (Phi) is 4.52. The highest BCUT2D eigenvalue weighted by Crippen LogP contribution is 2.17. The molecule has 0 atom stereocenters. The number of ether oxygens (including phenoxy) is 1. The molecule has 1 aliphatic heterocycles. The van der Waals surface area contributed by atoms with Gasteiger partial charge in [-0.2, -0.15) is 0 Å². The number of aliphatic hydroxyl groups is 1. The average Bonchev–Trinajstić information content (AvgIpc) is 2.45. The number of carbonyl (C=O) groups is 2. The van der Waals surface area contributed by atoms with Gasteiger partial charge < -0.3 is 14.7 Å². The summed E-state index contributed by atoms with van der Waals surface area (Å²) in [5.74, 6) is 0.599. The maximum absolute atomic E-state index is 11.9. The number of hydrogen-bond donors (Lipinski definition) is 1. The summed E-state index contributed by atoms with van der Waals surface area (Å²) in [7, 11) is 0. The molecule has 0 spiro atoms. The minimum absolute atomic E-state index is 0.0643. The molecule has 1 saturated heterocycles. The van der Waals surface area contributed by atoms with E-state index in [1.807, 2.05) is 0 Å². The largest absolute Gasteiger partial charge is 0.483 e. The quantitative estimate of drug-likeness (QED) is 0.870. The summed E-state index contributed by atoms with van der Waals surface area (Å²) in [4.78, 5) is 24.6. The Morgan fingerprint density at radius 3 is 2.63 bits per heavy atom. The first-order chi connectivity index (χ1) is 9.20. The third kappa shape index (κ3) is 3.54. The lowest BCUT2D eigenvalue weighted by molar-refractivity contribution is -0.136. The van der Waals surface area contributed by atoms with Gasteiger partial charge in [0.15, 0.2) is 6.61 Å². The smallest absolute Gasteiger partial charge is 0.260 e. The van der Waals surface area contributed by atoms with E-state index >= 15 is 0 Å². The number of nitrogens with zero attached hydrogens (tertiary/aromatic N) is 1. The molecule has 1 N–H and O–H groups in total. The van der Waals surface area contributed by atoms with E-state index in [0.717, 1.165) is 0 Å². The van der Waals surface area contributed by atoms with Gasteiger partial charge in [-0.25, -0.2) is 0 Å². The standard InChI is InChI=1S/C14H17NO4/c16-9-11-3-1-2-4-13(11)19-10-14(18)15-7-5-12(17)6-8-15/h1-4,16H,5-10H2. The summed E-state index contributed by atoms with van der Waals surface area (Å²) < 4.78 is 5.43. The van der Waals surface area contributed by atoms with Crippen LogP contribution in [0.4, 0.5) is 0 Å². The van der Waals surface area contributed by atoms with Crippen LogP contribution >= 0.6 is 0 Å². The fourth-order valence-corrected chi connectivity index (χ4v) is 2.01. The highest BCUT2D eigenvalue weighted by atomic mass is 16.5. The average molecular weight is 263 g/mol. The Bertz CT molecular complexity index is 462. The van der Waals surface area contributed by atoms with Crippen molar-refractivity contribution in [3.63, 3.8) is 0 Å². The van der Waals surface area contributed by atoms with E-state index < -0.39 is 0 Å². The number of Topliss-reactive ketones (excluding diaryl/α,β-unsaturated/α-hetero) is 1. The van der Waals surface area contributed by atoms with Crippen LogP contribution < -0.4 is 4.74 Å². The second-order valence-corrected chi connectivity index (χ2v) is 4.47. The Labute approximate surface area is 111 Å². The molecule has 1 aromatic rings. The predicted octanol–water partition coefficient (Wildman–Crippen LogP) is 0.749. The fourth-order valence-electron chi connectivity index (χ4n) is 2.01. The number of rotatable bonds is 4. The first kappa shape index (κ1) is 13.5. The normalized spacial score (nSPS) is 15.4. The van der Waals surface area contributed by atoms with Crippen molar-refractivity contribution in [2.45, 2.75) is 19.4 Å². The molecule has 0 aliphatic carbocycles. The lowest BCUT2D eigenvalue weighted by Crippen LogP contribution is -2.41. The van der Waals surface area contributed by atoms with Crippen LogP contribution in [0.25, 0.3) is 0 Å². The summed E-state index contributed by atoms with van der Waals surface area (Å²) in [6.45, 7) is 0.763. The molecule has 2 rings (SSSR count). The Morgan fingerprint density at radius 2 is 1.95 bits per heavy atom. The lowest BCUT2D eigenvalue weighted by atomic mass is 10.1. The molecule has 0 aromatic heterocycles. The Balaban J connectivity index is 1.88. The molecular formula is C14H17NO4. The fraction of sp³-hybridized carbons (Fsp3) is 0.429. The van der Waals surface area contributed by atoms with Gasteiger partial charge in [-0.3, -0.25) is 9.59 Å². The number of piperidine rings is 1. The zero-order chi connectivity index (χ0) is 13.7. The molecule has 1 amide bonds. The van der Waals surface area contributed by atoms with Gasteiger partial charge in [0.25, 0.3) is 5.91 Å². The number of hydrogen-bond acceptors (Lipinski definition) is 4. The van der Waals surface area contributed by atoms with Crippen LogP contribution in [-0.4, -0.2) is 41.4 Å². The number of likely N-dealkylation sites (tertiary alicyclic amines) is 1. The van der Waals surface area contributed by atoms with Crippen molar-refractivity contribution in [3.8, 4) is 5.75 Å². The molecule has 102 valence electrons. The lowest BCUT2D eigenvalue weighted by Gasteiger charge is -2.26. The minimum Gasteiger partial charge on any atom is -0.483 e. The van der Waals surface area contributed by atoms with Crippen molar-refractivity contribution in [1.82, 2.24) is 4.90 Å². The van der Waals surface area contributed by atoms with Gasteiger partial charge in [0.05, 0.1) is 6.61 Å². The molecule has 0 unspecified atom stereocenters. The molecule has 1 aromatic carbocycles. The summed E-state index contributed by atoms with van der Waals surface area (Å²) >= 11 is 0. The zero-order valence-electron chi connectivity index (χ0n) is 10.7. The van der Waals surface area contributed by atoms with Gasteiger partial charge in [0.1, 0.15) is 11.5 Å². The maximum Gasteiger partial charge on any atom is 0.260 e. The van der Waals surface area contributed by atoms with E-state index in [0.29, 0.717) is 37.2 Å². The van der Waals surface area contributed by atoms with Crippen molar-refractivity contribution >= 4 is 11.7 Å². The molecule has 0 saturated carbocycles. The van der Waals surface area contributed by atoms with Crippen molar-refractivity contribution in [2.24, 2.45) is 0 Å². The van der Waals surface area contributed by atoms with Crippen molar-refractivity contribution in [1.29, 1.82) is 0 Å². The van der Waals surface area contributed by atoms with E-state index in [2.05, 4.69) is 0 Å². The molecule has 5 nitrogen and oxygen atoms in total. The van der Waals surface area contributed by atoms with Crippen molar-refractivity contribution < 1.29 is 19.4 Å². The third-order valence-electron chi connectivity index (χ3n) is 3.17. The van der Waals surface area contributed by atoms with Crippen LogP contribution in [0.15, 0.2) is 24.3 Å². The maximum atomic E-state index is 11.9. The first-order valence-electron chi connectivity index (χ1n) is 6.31. The summed E-state index contributed by atoms with van der Waals surface area (Å²) in [6.07, 6.45) is 0.859. The second-order valence-electron chi connectivity index (χ2n) is 4.47. The van der Waals surface area contributed by atoms with Crippen molar-refractivity contribution in [3.05, 3.63) is 29.8 Å². The van der Waals surface area contributed by atoms with Gasteiger partial charge in [-0.05, 0) is 6.07 Å². The molecule has 5 heteroatoms. The Hall–Kier alpha value is -1.88. The number of amides is 1. The monoisotopic (exact) mass is 263 g/mol. The van der Waals surface area contributed by atoms with Crippen LogP contribution in [0.5, 0.6) is 5.75 Å². The Morgan fingerprint density at radius 1 is 1.26 bits per heavy atom. The summed E-state index contributed by atoms with van der Waals surface area (Å²) in [5, 5.41) is 9.15. The minimum atomic E-state index is -0.125. The van der Waals surface area contributed by atoms with Crippen molar-refractivity contribution in [2.75, 3.05) is 19.7 Å². The van der Waals surface area contributed by atoms with Gasteiger partial charge in [-0.15, -0.1) is 0 Å². The summed E-state index contributed by atoms with van der Waals surface area (Å²) in [5.41, 5.74) is 0.657. The molecule has 1 fully saturated rings. The topological polar surface area (TPSA) is 66.8 Å². The number of aliphatic hydroxyl groups excluding tert-OH is 1. The van der Waals surface area contributed by atoms with Crippen LogP contribution in [-0.2, 0) is 16.2 Å². The van der Waals surface area contributed by atoms with E-state index in [1.54, 1.807) is 29.2 Å². The molecular weight excluding hydrogens is 246 g/mol. The van der Waals surface area contributed by atoms with Crippen LogP contribution in [0.2, 0.25) is 0 Å². The predicted molar refractivity (Wildman–Crippen MR) is 68.7 cm³/mol. The highest BCUT2D eigenvalue weighted by Gasteiger charge is 2.21. The van der Waals surface area contributed by atoms with Crippen LogP contribution in [0, 0.1) is 0 Å². The van der Waals surface area contributed by atoms with E-state index in [4.69, 9.17) is 9.84 Å². The summed E-state index contributed by atoms with van der Waals surface area (Å²) in [6, 6.07) is 7.06. The van der Waals surface area contributed by atoms with E-state index in [1.165, 1.54) is 0 Å². The molecule has 1 aliphatic rings. The van der Waals surface area contributed by atoms with E-state index in [9.17, 15) is 9.59 Å². The zero-order valence-corrected chi connectivity index (χ0v) is 10.7. The first-order valence-corrected chi connectivity index (χ1v) is 6.31. The molecule has 1 heterocycles. The number of para-hydroxylation sites is 1. The number of carbonyl (C=O) groups excluding carboxylic acids is 2. The highest BCUT2D eigenvalue weighted by molar-refractivity contribution is 5.84. The SMILES string of the molecule is O=C1CCN(C(=O)COc2ccccc2CO)CC1. The second kappa shape index (κ2) is 6.33. The number of ketones is 1. The van der Waals surface area contributed by atoms with E-state index in [-0.39, 0.29) is 24.9 Å². The van der Waals surface area contributed by atoms with Crippen LogP contribution in [0.3, 0.4) is 0 Å². The molecule has 0 radical (unpaired) electrons. The van der Waals surface area contributed by atoms with Gasteiger partial charge in [0, 0.05) is 31.5 Å². The number of benzene rings is 1. The van der Waals surface area contributed by atoms with Crippen LogP contribution in [0.1, 0.15) is 18.4 Å². The van der Waals surface area contributed by atoms with Gasteiger partial charge in [0.2, 0.25) is 0 Å². The third-order valence-corrected chi connectivity index (χ3v) is 3.17. The van der Waals surface area contributed by atoms with Gasteiger partial charge >= 0.3 is 0 Å². The molecule has 0 bridgehead atoms.